The summed E-state index contributed by atoms with van der Waals surface area (Å²) in [5.41, 5.74) is -0.0189. The van der Waals surface area contributed by atoms with E-state index in [9.17, 15) is 14.0 Å². The van der Waals surface area contributed by atoms with Crippen LogP contribution in [0.1, 0.15) is 23.3 Å². The maximum absolute atomic E-state index is 12.9. The van der Waals surface area contributed by atoms with Gasteiger partial charge in [-0.05, 0) is 25.1 Å². The van der Waals surface area contributed by atoms with E-state index in [-0.39, 0.29) is 29.0 Å². The SMILES string of the molecule is COC(=O)[C@@H](C)NC(=O)c1coc(COc2ccc(F)cc2Cl)n1. The summed E-state index contributed by atoms with van der Waals surface area (Å²) in [6.07, 6.45) is 1.13. The van der Waals surface area contributed by atoms with E-state index in [0.29, 0.717) is 0 Å². The second-order valence-electron chi connectivity index (χ2n) is 4.71. The Hall–Kier alpha value is -2.61. The van der Waals surface area contributed by atoms with Crippen LogP contribution in [0.3, 0.4) is 0 Å². The second-order valence-corrected chi connectivity index (χ2v) is 5.12. The highest BCUT2D eigenvalue weighted by Gasteiger charge is 2.19. The lowest BCUT2D eigenvalue weighted by atomic mass is 10.3. The van der Waals surface area contributed by atoms with Crippen LogP contribution in [0.15, 0.2) is 28.9 Å². The predicted octanol–water partition coefficient (Wildman–Crippen LogP) is 2.34. The molecule has 1 heterocycles. The van der Waals surface area contributed by atoms with E-state index >= 15 is 0 Å². The fourth-order valence-electron chi connectivity index (χ4n) is 1.72. The normalized spacial score (nSPS) is 11.7. The fraction of sp³-hybridized carbons (Fsp3) is 0.267. The number of oxazole rings is 1. The summed E-state index contributed by atoms with van der Waals surface area (Å²) in [6, 6.07) is 2.85. The van der Waals surface area contributed by atoms with Gasteiger partial charge in [-0.2, -0.15) is 0 Å². The number of aromatic nitrogens is 1. The summed E-state index contributed by atoms with van der Waals surface area (Å²) in [5, 5.41) is 2.51. The van der Waals surface area contributed by atoms with Crippen LogP contribution in [-0.2, 0) is 16.1 Å². The minimum atomic E-state index is -0.822. The molecule has 0 spiro atoms. The summed E-state index contributed by atoms with van der Waals surface area (Å²) in [4.78, 5) is 27.1. The summed E-state index contributed by atoms with van der Waals surface area (Å²) in [7, 11) is 1.22. The summed E-state index contributed by atoms with van der Waals surface area (Å²) < 4.78 is 27.9. The van der Waals surface area contributed by atoms with Crippen molar-refractivity contribution in [1.82, 2.24) is 10.3 Å². The topological polar surface area (TPSA) is 90.7 Å². The molecule has 1 aromatic carbocycles. The first-order valence-electron chi connectivity index (χ1n) is 6.81. The van der Waals surface area contributed by atoms with Crippen molar-refractivity contribution in [3.63, 3.8) is 0 Å². The van der Waals surface area contributed by atoms with Crippen molar-refractivity contribution in [2.75, 3.05) is 7.11 Å². The monoisotopic (exact) mass is 356 g/mol. The molecule has 0 aliphatic heterocycles. The van der Waals surface area contributed by atoms with E-state index in [1.807, 2.05) is 0 Å². The van der Waals surface area contributed by atoms with Crippen molar-refractivity contribution >= 4 is 23.5 Å². The van der Waals surface area contributed by atoms with Crippen LogP contribution in [0.4, 0.5) is 4.39 Å². The van der Waals surface area contributed by atoms with Crippen molar-refractivity contribution in [2.45, 2.75) is 19.6 Å². The number of ether oxygens (including phenoxy) is 2. The van der Waals surface area contributed by atoms with E-state index in [1.54, 1.807) is 0 Å². The minimum Gasteiger partial charge on any atom is -0.482 e. The summed E-state index contributed by atoms with van der Waals surface area (Å²) in [5.74, 6) is -1.29. The van der Waals surface area contributed by atoms with Gasteiger partial charge in [0.1, 0.15) is 23.9 Å². The summed E-state index contributed by atoms with van der Waals surface area (Å²) in [6.45, 7) is 1.37. The van der Waals surface area contributed by atoms with Crippen LogP contribution in [0.5, 0.6) is 5.75 Å². The van der Waals surface area contributed by atoms with Crippen LogP contribution in [0, 0.1) is 5.82 Å². The van der Waals surface area contributed by atoms with Gasteiger partial charge in [0, 0.05) is 0 Å². The van der Waals surface area contributed by atoms with Gasteiger partial charge in [0.15, 0.2) is 12.3 Å². The lowest BCUT2D eigenvalue weighted by molar-refractivity contribution is -0.142. The van der Waals surface area contributed by atoms with E-state index in [1.165, 1.54) is 26.2 Å². The Labute approximate surface area is 141 Å². The van der Waals surface area contributed by atoms with E-state index < -0.39 is 23.7 Å². The smallest absolute Gasteiger partial charge is 0.328 e. The number of carbonyl (C=O) groups is 2. The lowest BCUT2D eigenvalue weighted by Crippen LogP contribution is -2.39. The Balaban J connectivity index is 1.95. The number of carbonyl (C=O) groups excluding carboxylic acids is 2. The van der Waals surface area contributed by atoms with E-state index in [2.05, 4.69) is 15.0 Å². The van der Waals surface area contributed by atoms with Crippen molar-refractivity contribution < 1.29 is 27.9 Å². The van der Waals surface area contributed by atoms with Gasteiger partial charge < -0.3 is 19.2 Å². The number of nitrogens with one attached hydrogen (secondary N) is 1. The number of methoxy groups -OCH3 is 1. The third-order valence-electron chi connectivity index (χ3n) is 2.93. The molecular formula is C15H14ClFN2O5. The molecule has 24 heavy (non-hydrogen) atoms. The van der Waals surface area contributed by atoms with Gasteiger partial charge in [-0.1, -0.05) is 11.6 Å². The molecule has 1 aromatic heterocycles. The van der Waals surface area contributed by atoms with Crippen LogP contribution in [0.25, 0.3) is 0 Å². The quantitative estimate of drug-likeness (QED) is 0.799. The Morgan fingerprint density at radius 3 is 2.88 bits per heavy atom. The van der Waals surface area contributed by atoms with Crippen molar-refractivity contribution in [3.05, 3.63) is 46.9 Å². The highest BCUT2D eigenvalue weighted by Crippen LogP contribution is 2.25. The number of rotatable bonds is 6. The molecule has 0 aliphatic carbocycles. The molecule has 0 fully saturated rings. The molecule has 0 aliphatic rings. The van der Waals surface area contributed by atoms with Gasteiger partial charge in [-0.3, -0.25) is 4.79 Å². The van der Waals surface area contributed by atoms with Crippen molar-refractivity contribution in [2.24, 2.45) is 0 Å². The van der Waals surface area contributed by atoms with E-state index in [0.717, 1.165) is 12.3 Å². The van der Waals surface area contributed by atoms with E-state index in [4.69, 9.17) is 20.8 Å². The number of esters is 1. The van der Waals surface area contributed by atoms with Gasteiger partial charge in [-0.25, -0.2) is 14.2 Å². The molecule has 9 heteroatoms. The minimum absolute atomic E-state index is 0.0189. The fourth-order valence-corrected chi connectivity index (χ4v) is 1.94. The average Bonchev–Trinajstić information content (AvgIpc) is 3.02. The Bertz CT molecular complexity index is 749. The zero-order valence-corrected chi connectivity index (χ0v) is 13.6. The predicted molar refractivity (Wildman–Crippen MR) is 81.2 cm³/mol. The molecule has 1 amide bonds. The van der Waals surface area contributed by atoms with Gasteiger partial charge in [-0.15, -0.1) is 0 Å². The van der Waals surface area contributed by atoms with Crippen LogP contribution in [-0.4, -0.2) is 30.0 Å². The van der Waals surface area contributed by atoms with Crippen LogP contribution >= 0.6 is 11.6 Å². The first-order chi connectivity index (χ1) is 11.4. The molecule has 2 rings (SSSR count). The second kappa shape index (κ2) is 7.78. The molecule has 7 nitrogen and oxygen atoms in total. The zero-order valence-electron chi connectivity index (χ0n) is 12.8. The third-order valence-corrected chi connectivity index (χ3v) is 3.23. The van der Waals surface area contributed by atoms with Gasteiger partial charge in [0.2, 0.25) is 5.89 Å². The Morgan fingerprint density at radius 1 is 1.46 bits per heavy atom. The molecule has 0 saturated heterocycles. The summed E-state index contributed by atoms with van der Waals surface area (Å²) >= 11 is 5.83. The average molecular weight is 357 g/mol. The molecule has 0 bridgehead atoms. The molecule has 0 unspecified atom stereocenters. The first kappa shape index (κ1) is 17.7. The number of hydrogen-bond acceptors (Lipinski definition) is 6. The van der Waals surface area contributed by atoms with Crippen LogP contribution in [0.2, 0.25) is 5.02 Å². The van der Waals surface area contributed by atoms with Gasteiger partial charge in [0.05, 0.1) is 12.1 Å². The molecule has 1 N–H and O–H groups in total. The molecule has 1 atom stereocenters. The van der Waals surface area contributed by atoms with Crippen molar-refractivity contribution in [1.29, 1.82) is 0 Å². The highest BCUT2D eigenvalue weighted by atomic mass is 35.5. The Morgan fingerprint density at radius 2 is 2.21 bits per heavy atom. The molecule has 0 saturated carbocycles. The number of nitrogens with zero attached hydrogens (tertiary/aromatic N) is 1. The maximum atomic E-state index is 12.9. The lowest BCUT2D eigenvalue weighted by Gasteiger charge is -2.09. The number of hydrogen-bond donors (Lipinski definition) is 1. The third kappa shape index (κ3) is 4.45. The van der Waals surface area contributed by atoms with Crippen molar-refractivity contribution in [3.8, 4) is 5.75 Å². The van der Waals surface area contributed by atoms with Gasteiger partial charge >= 0.3 is 5.97 Å². The largest absolute Gasteiger partial charge is 0.482 e. The maximum Gasteiger partial charge on any atom is 0.328 e. The molecule has 2 aromatic rings. The zero-order chi connectivity index (χ0) is 17.7. The standard InChI is InChI=1S/C15H14ClFN2O5/c1-8(15(21)22-2)18-14(20)11-6-24-13(19-11)7-23-12-4-3-9(17)5-10(12)16/h3-6,8H,7H2,1-2H3,(H,18,20)/t8-/m1/s1. The molecular weight excluding hydrogens is 343 g/mol. The molecule has 128 valence electrons. The van der Waals surface area contributed by atoms with Gasteiger partial charge in [0.25, 0.3) is 5.91 Å². The number of halogens is 2. The Kier molecular flexibility index (Phi) is 5.75. The van der Waals surface area contributed by atoms with Crippen LogP contribution < -0.4 is 10.1 Å². The number of benzene rings is 1. The highest BCUT2D eigenvalue weighted by molar-refractivity contribution is 6.32. The molecule has 0 radical (unpaired) electrons. The first-order valence-corrected chi connectivity index (χ1v) is 7.19. The number of amides is 1.